The summed E-state index contributed by atoms with van der Waals surface area (Å²) < 4.78 is 0. The van der Waals surface area contributed by atoms with Crippen LogP contribution in [0.4, 0.5) is 11.4 Å². The molecule has 0 atom stereocenters. The highest BCUT2D eigenvalue weighted by Gasteiger charge is 2.01. The van der Waals surface area contributed by atoms with Gasteiger partial charge in [0.15, 0.2) is 0 Å². The summed E-state index contributed by atoms with van der Waals surface area (Å²) in [6.45, 7) is 0. The molecule has 0 bridgehead atoms. The van der Waals surface area contributed by atoms with E-state index in [1.165, 1.54) is 0 Å². The lowest BCUT2D eigenvalue weighted by Gasteiger charge is -2.11. The molecule has 114 valence electrons. The predicted molar refractivity (Wildman–Crippen MR) is 93.6 cm³/mol. The molecule has 0 spiro atoms. The molecule has 0 aliphatic rings. The van der Waals surface area contributed by atoms with E-state index < -0.39 is 0 Å². The molecule has 3 aromatic rings. The SMILES string of the molecule is CN(C)c1ccc(/N=c2/cc(CC#N)[nH]c3ccccc23)cc1. The number of pyridine rings is 1. The summed E-state index contributed by atoms with van der Waals surface area (Å²) in [5, 5.41) is 10.9. The molecule has 0 aliphatic carbocycles. The van der Waals surface area contributed by atoms with Gasteiger partial charge >= 0.3 is 0 Å². The average Bonchev–Trinajstić information content (AvgIpc) is 2.56. The normalized spacial score (nSPS) is 11.4. The summed E-state index contributed by atoms with van der Waals surface area (Å²) >= 11 is 0. The van der Waals surface area contributed by atoms with E-state index in [2.05, 4.69) is 16.0 Å². The Labute approximate surface area is 135 Å². The highest BCUT2D eigenvalue weighted by molar-refractivity contribution is 5.78. The Bertz CT molecular complexity index is 928. The Morgan fingerprint density at radius 3 is 2.52 bits per heavy atom. The number of para-hydroxylation sites is 1. The van der Waals surface area contributed by atoms with Crippen LogP contribution >= 0.6 is 0 Å². The van der Waals surface area contributed by atoms with Crippen LogP contribution in [0.2, 0.25) is 0 Å². The van der Waals surface area contributed by atoms with Crippen LogP contribution in [0.5, 0.6) is 0 Å². The maximum Gasteiger partial charge on any atom is 0.0753 e. The summed E-state index contributed by atoms with van der Waals surface area (Å²) in [5.74, 6) is 0. The van der Waals surface area contributed by atoms with Crippen molar-refractivity contribution in [2.45, 2.75) is 6.42 Å². The van der Waals surface area contributed by atoms with Crippen molar-refractivity contribution >= 4 is 22.3 Å². The van der Waals surface area contributed by atoms with Crippen molar-refractivity contribution < 1.29 is 0 Å². The number of nitrogens with zero attached hydrogens (tertiary/aromatic N) is 3. The standard InChI is InChI=1S/C19H18N4/c1-23(2)16-9-7-14(8-10-16)21-19-13-15(11-12-20)22-18-6-4-3-5-17(18)19/h3-10,13H,11H2,1-2H3,(H,21,22). The third-order valence-electron chi connectivity index (χ3n) is 3.69. The first-order chi connectivity index (χ1) is 11.2. The van der Waals surface area contributed by atoms with E-state index in [1.807, 2.05) is 68.7 Å². The molecule has 23 heavy (non-hydrogen) atoms. The van der Waals surface area contributed by atoms with E-state index in [9.17, 15) is 0 Å². The number of hydrogen-bond acceptors (Lipinski definition) is 3. The second-order valence-electron chi connectivity index (χ2n) is 5.58. The lowest BCUT2D eigenvalue weighted by atomic mass is 10.1. The van der Waals surface area contributed by atoms with Crippen molar-refractivity contribution in [3.63, 3.8) is 0 Å². The van der Waals surface area contributed by atoms with Crippen molar-refractivity contribution in [3.05, 3.63) is 65.6 Å². The van der Waals surface area contributed by atoms with Gasteiger partial charge in [-0.15, -0.1) is 0 Å². The molecule has 4 nitrogen and oxygen atoms in total. The molecular weight excluding hydrogens is 284 g/mol. The first kappa shape index (κ1) is 14.9. The lowest BCUT2D eigenvalue weighted by molar-refractivity contribution is 1.12. The van der Waals surface area contributed by atoms with Crippen LogP contribution in [0, 0.1) is 11.3 Å². The van der Waals surface area contributed by atoms with E-state index in [-0.39, 0.29) is 0 Å². The third-order valence-corrected chi connectivity index (χ3v) is 3.69. The number of nitrogens with one attached hydrogen (secondary N) is 1. The Kier molecular flexibility index (Phi) is 4.11. The fraction of sp³-hybridized carbons (Fsp3) is 0.158. The largest absolute Gasteiger partial charge is 0.378 e. The highest BCUT2D eigenvalue weighted by Crippen LogP contribution is 2.18. The molecule has 1 aromatic heterocycles. The van der Waals surface area contributed by atoms with Crippen molar-refractivity contribution in [1.29, 1.82) is 5.26 Å². The number of H-pyrrole nitrogens is 1. The fourth-order valence-corrected chi connectivity index (χ4v) is 2.50. The lowest BCUT2D eigenvalue weighted by Crippen LogP contribution is -2.08. The maximum atomic E-state index is 8.95. The van der Waals surface area contributed by atoms with Crippen molar-refractivity contribution in [3.8, 4) is 6.07 Å². The van der Waals surface area contributed by atoms with Gasteiger partial charge in [-0.1, -0.05) is 18.2 Å². The number of rotatable bonds is 3. The van der Waals surface area contributed by atoms with Crippen molar-refractivity contribution in [2.75, 3.05) is 19.0 Å². The van der Waals surface area contributed by atoms with E-state index in [0.29, 0.717) is 6.42 Å². The first-order valence-electron chi connectivity index (χ1n) is 7.47. The van der Waals surface area contributed by atoms with Gasteiger partial charge in [0.1, 0.15) is 0 Å². The summed E-state index contributed by atoms with van der Waals surface area (Å²) in [6.07, 6.45) is 0.340. The maximum absolute atomic E-state index is 8.95. The van der Waals surface area contributed by atoms with Gasteiger partial charge in [-0.3, -0.25) is 0 Å². The van der Waals surface area contributed by atoms with Gasteiger partial charge in [0.25, 0.3) is 0 Å². The zero-order valence-electron chi connectivity index (χ0n) is 13.2. The van der Waals surface area contributed by atoms with E-state index >= 15 is 0 Å². The fourth-order valence-electron chi connectivity index (χ4n) is 2.50. The minimum absolute atomic E-state index is 0.340. The molecule has 0 amide bonds. The molecule has 0 saturated carbocycles. The van der Waals surface area contributed by atoms with E-state index in [0.717, 1.165) is 33.3 Å². The summed E-state index contributed by atoms with van der Waals surface area (Å²) in [5.41, 5.74) is 3.90. The predicted octanol–water partition coefficient (Wildman–Crippen LogP) is 3.53. The number of fused-ring (bicyclic) bond motifs is 1. The Hall–Kier alpha value is -3.06. The van der Waals surface area contributed by atoms with Crippen molar-refractivity contribution in [1.82, 2.24) is 4.98 Å². The molecule has 1 N–H and O–H groups in total. The molecule has 0 radical (unpaired) electrons. The summed E-state index contributed by atoms with van der Waals surface area (Å²) in [7, 11) is 4.03. The number of hydrogen-bond donors (Lipinski definition) is 1. The zero-order valence-corrected chi connectivity index (χ0v) is 13.2. The topological polar surface area (TPSA) is 55.2 Å². The van der Waals surface area contributed by atoms with Crippen molar-refractivity contribution in [2.24, 2.45) is 4.99 Å². The monoisotopic (exact) mass is 302 g/mol. The van der Waals surface area contributed by atoms with E-state index in [4.69, 9.17) is 10.3 Å². The van der Waals surface area contributed by atoms with Gasteiger partial charge in [0, 0.05) is 36.4 Å². The van der Waals surface area contributed by atoms with Crippen LogP contribution in [0.25, 0.3) is 10.9 Å². The number of aromatic nitrogens is 1. The van der Waals surface area contributed by atoms with Gasteiger partial charge in [-0.05, 0) is 36.4 Å². The molecular formula is C19H18N4. The van der Waals surface area contributed by atoms with Crippen LogP contribution < -0.4 is 10.3 Å². The van der Waals surface area contributed by atoms with Crippen LogP contribution in [0.3, 0.4) is 0 Å². The van der Waals surface area contributed by atoms with Crippen LogP contribution in [0.1, 0.15) is 5.69 Å². The molecule has 3 rings (SSSR count). The Morgan fingerprint density at radius 1 is 1.09 bits per heavy atom. The second kappa shape index (κ2) is 6.37. The first-order valence-corrected chi connectivity index (χ1v) is 7.47. The molecule has 0 aliphatic heterocycles. The number of benzene rings is 2. The van der Waals surface area contributed by atoms with Gasteiger partial charge in [-0.25, -0.2) is 4.99 Å². The summed E-state index contributed by atoms with van der Waals surface area (Å²) in [4.78, 5) is 10.1. The highest BCUT2D eigenvalue weighted by atomic mass is 15.1. The second-order valence-corrected chi connectivity index (χ2v) is 5.58. The summed E-state index contributed by atoms with van der Waals surface area (Å²) in [6, 6.07) is 20.2. The van der Waals surface area contributed by atoms with Gasteiger partial charge in [0.05, 0.1) is 23.5 Å². The molecule has 0 fully saturated rings. The Morgan fingerprint density at radius 2 is 1.83 bits per heavy atom. The average molecular weight is 302 g/mol. The minimum atomic E-state index is 0.340. The van der Waals surface area contributed by atoms with Gasteiger partial charge in [-0.2, -0.15) is 5.26 Å². The smallest absolute Gasteiger partial charge is 0.0753 e. The van der Waals surface area contributed by atoms with Gasteiger partial charge < -0.3 is 9.88 Å². The molecule has 1 heterocycles. The third kappa shape index (κ3) is 3.24. The van der Waals surface area contributed by atoms with Crippen LogP contribution in [0.15, 0.2) is 59.6 Å². The number of anilines is 1. The van der Waals surface area contributed by atoms with E-state index in [1.54, 1.807) is 0 Å². The minimum Gasteiger partial charge on any atom is -0.378 e. The molecule has 4 heteroatoms. The number of nitriles is 1. The number of aromatic amines is 1. The quantitative estimate of drug-likeness (QED) is 0.804. The van der Waals surface area contributed by atoms with Gasteiger partial charge in [0.2, 0.25) is 0 Å². The molecule has 2 aromatic carbocycles. The Balaban J connectivity index is 2.15. The molecule has 0 unspecified atom stereocenters. The molecule has 0 saturated heterocycles. The zero-order chi connectivity index (χ0) is 16.2. The van der Waals surface area contributed by atoms with Crippen LogP contribution in [-0.2, 0) is 6.42 Å². The van der Waals surface area contributed by atoms with Crippen LogP contribution in [-0.4, -0.2) is 19.1 Å².